The van der Waals surface area contributed by atoms with Gasteiger partial charge in [0.2, 0.25) is 0 Å². The molecule has 0 amide bonds. The second-order valence-electron chi connectivity index (χ2n) is 3.14. The average molecular weight is 182 g/mol. The molecule has 0 fully saturated rings. The number of carbonyl (C=O) groups is 1. The van der Waals surface area contributed by atoms with Crippen molar-refractivity contribution in [1.29, 1.82) is 0 Å². The van der Waals surface area contributed by atoms with Gasteiger partial charge in [0.1, 0.15) is 0 Å². The maximum Gasteiger partial charge on any atom is 0.333 e. The molecule has 0 radical (unpaired) electrons. The van der Waals surface area contributed by atoms with E-state index in [2.05, 4.69) is 12.7 Å². The van der Waals surface area contributed by atoms with Gasteiger partial charge >= 0.3 is 5.97 Å². The largest absolute Gasteiger partial charge is 0.459 e. The van der Waals surface area contributed by atoms with E-state index in [-0.39, 0.29) is 12.1 Å². The van der Waals surface area contributed by atoms with Gasteiger partial charge in [-0.05, 0) is 33.6 Å². The Bertz CT molecular complexity index is 204. The maximum atomic E-state index is 11.0. The number of carbonyl (C=O) groups excluding carboxylic acids is 1. The molecule has 0 aromatic heterocycles. The molecule has 0 spiro atoms. The lowest BCUT2D eigenvalue weighted by atomic mass is 10.2. The first-order valence-electron chi connectivity index (χ1n) is 4.55. The van der Waals surface area contributed by atoms with Gasteiger partial charge in [0.15, 0.2) is 0 Å². The van der Waals surface area contributed by atoms with Crippen LogP contribution in [-0.2, 0) is 9.53 Å². The van der Waals surface area contributed by atoms with Gasteiger partial charge in [0, 0.05) is 5.57 Å². The van der Waals surface area contributed by atoms with Crippen molar-refractivity contribution in [1.82, 2.24) is 0 Å². The fraction of sp³-hybridized carbons (Fsp3) is 0.545. The zero-order chi connectivity index (χ0) is 10.3. The average Bonchev–Trinajstić information content (AvgIpc) is 2.04. The summed E-state index contributed by atoms with van der Waals surface area (Å²) >= 11 is 0. The smallest absolute Gasteiger partial charge is 0.333 e. The van der Waals surface area contributed by atoms with Gasteiger partial charge in [0.05, 0.1) is 6.10 Å². The molecule has 0 aromatic rings. The van der Waals surface area contributed by atoms with Crippen LogP contribution in [0.4, 0.5) is 0 Å². The molecular formula is C11H18O2. The molecule has 1 unspecified atom stereocenters. The Kier molecular flexibility index (Phi) is 5.94. The van der Waals surface area contributed by atoms with Crippen molar-refractivity contribution in [3.63, 3.8) is 0 Å². The van der Waals surface area contributed by atoms with E-state index in [0.717, 1.165) is 12.8 Å². The van der Waals surface area contributed by atoms with E-state index in [1.807, 2.05) is 19.9 Å². The summed E-state index contributed by atoms with van der Waals surface area (Å²) < 4.78 is 5.09. The van der Waals surface area contributed by atoms with Crippen LogP contribution in [-0.4, -0.2) is 12.1 Å². The Morgan fingerprint density at radius 3 is 2.69 bits per heavy atom. The minimum atomic E-state index is -0.298. The lowest BCUT2D eigenvalue weighted by Crippen LogP contribution is -2.14. The quantitative estimate of drug-likeness (QED) is 0.371. The molecule has 0 bridgehead atoms. The van der Waals surface area contributed by atoms with E-state index < -0.39 is 0 Å². The highest BCUT2D eigenvalue weighted by atomic mass is 16.5. The first-order valence-corrected chi connectivity index (χ1v) is 4.55. The highest BCUT2D eigenvalue weighted by Crippen LogP contribution is 2.05. The zero-order valence-corrected chi connectivity index (χ0v) is 8.67. The molecule has 1 atom stereocenters. The van der Waals surface area contributed by atoms with E-state index in [1.54, 1.807) is 6.92 Å². The molecule has 0 heterocycles. The molecule has 0 saturated carbocycles. The van der Waals surface area contributed by atoms with Gasteiger partial charge in [-0.1, -0.05) is 18.7 Å². The van der Waals surface area contributed by atoms with E-state index in [4.69, 9.17) is 4.74 Å². The SMILES string of the molecule is C=C(C)C(=O)OC(C)CCC=CC. The third kappa shape index (κ3) is 6.14. The standard InChI is InChI=1S/C11H18O2/c1-5-6-7-8-10(4)13-11(12)9(2)3/h5-6,10H,2,7-8H2,1,3-4H3. The molecule has 74 valence electrons. The second kappa shape index (κ2) is 6.46. The Labute approximate surface area is 80.3 Å². The molecule has 0 N–H and O–H groups in total. The van der Waals surface area contributed by atoms with Crippen molar-refractivity contribution in [3.8, 4) is 0 Å². The van der Waals surface area contributed by atoms with Crippen LogP contribution in [0.1, 0.15) is 33.6 Å². The Morgan fingerprint density at radius 1 is 1.62 bits per heavy atom. The molecule has 2 heteroatoms. The number of hydrogen-bond donors (Lipinski definition) is 0. The normalized spacial score (nSPS) is 12.8. The van der Waals surface area contributed by atoms with Crippen LogP contribution >= 0.6 is 0 Å². The topological polar surface area (TPSA) is 26.3 Å². The predicted molar refractivity (Wildman–Crippen MR) is 54.4 cm³/mol. The first-order chi connectivity index (χ1) is 6.07. The summed E-state index contributed by atoms with van der Waals surface area (Å²) in [5.41, 5.74) is 0.456. The molecular weight excluding hydrogens is 164 g/mol. The molecule has 0 saturated heterocycles. The van der Waals surface area contributed by atoms with Gasteiger partial charge in [-0.3, -0.25) is 0 Å². The van der Waals surface area contributed by atoms with Gasteiger partial charge < -0.3 is 4.74 Å². The van der Waals surface area contributed by atoms with Crippen molar-refractivity contribution in [3.05, 3.63) is 24.3 Å². The minimum absolute atomic E-state index is 0.0274. The monoisotopic (exact) mass is 182 g/mol. The maximum absolute atomic E-state index is 11.0. The molecule has 13 heavy (non-hydrogen) atoms. The predicted octanol–water partition coefficient (Wildman–Crippen LogP) is 2.85. The first kappa shape index (κ1) is 11.9. The summed E-state index contributed by atoms with van der Waals surface area (Å²) in [5.74, 6) is -0.298. The highest BCUT2D eigenvalue weighted by Gasteiger charge is 2.08. The van der Waals surface area contributed by atoms with E-state index in [1.165, 1.54) is 0 Å². The summed E-state index contributed by atoms with van der Waals surface area (Å²) in [5, 5.41) is 0. The number of rotatable bonds is 5. The van der Waals surface area contributed by atoms with Crippen molar-refractivity contribution < 1.29 is 9.53 Å². The van der Waals surface area contributed by atoms with Crippen LogP contribution in [0.25, 0.3) is 0 Å². The Balaban J connectivity index is 3.67. The van der Waals surface area contributed by atoms with Gasteiger partial charge in [0.25, 0.3) is 0 Å². The third-order valence-electron chi connectivity index (χ3n) is 1.63. The van der Waals surface area contributed by atoms with Crippen LogP contribution in [0, 0.1) is 0 Å². The summed E-state index contributed by atoms with van der Waals surface area (Å²) in [7, 11) is 0. The molecule has 0 aliphatic heterocycles. The summed E-state index contributed by atoms with van der Waals surface area (Å²) in [4.78, 5) is 11.0. The lowest BCUT2D eigenvalue weighted by molar-refractivity contribution is -0.143. The number of ether oxygens (including phenoxy) is 1. The zero-order valence-electron chi connectivity index (χ0n) is 8.67. The molecule has 0 aliphatic carbocycles. The van der Waals surface area contributed by atoms with Gasteiger partial charge in [-0.25, -0.2) is 4.79 Å². The highest BCUT2D eigenvalue weighted by molar-refractivity contribution is 5.87. The third-order valence-corrected chi connectivity index (χ3v) is 1.63. The van der Waals surface area contributed by atoms with Gasteiger partial charge in [-0.2, -0.15) is 0 Å². The molecule has 0 aromatic carbocycles. The Morgan fingerprint density at radius 2 is 2.23 bits per heavy atom. The molecule has 0 aliphatic rings. The number of hydrogen-bond acceptors (Lipinski definition) is 2. The summed E-state index contributed by atoms with van der Waals surface area (Å²) in [6, 6.07) is 0. The Hall–Kier alpha value is -1.05. The van der Waals surface area contributed by atoms with E-state index >= 15 is 0 Å². The number of esters is 1. The van der Waals surface area contributed by atoms with Crippen molar-refractivity contribution in [2.45, 2.75) is 39.7 Å². The summed E-state index contributed by atoms with van der Waals surface area (Å²) in [6.45, 7) is 9.04. The van der Waals surface area contributed by atoms with Gasteiger partial charge in [-0.15, -0.1) is 0 Å². The van der Waals surface area contributed by atoms with Crippen molar-refractivity contribution >= 4 is 5.97 Å². The van der Waals surface area contributed by atoms with Crippen LogP contribution in [0.5, 0.6) is 0 Å². The van der Waals surface area contributed by atoms with Crippen LogP contribution < -0.4 is 0 Å². The van der Waals surface area contributed by atoms with Crippen molar-refractivity contribution in [2.75, 3.05) is 0 Å². The molecule has 2 nitrogen and oxygen atoms in total. The van der Waals surface area contributed by atoms with Crippen LogP contribution in [0.2, 0.25) is 0 Å². The van der Waals surface area contributed by atoms with E-state index in [0.29, 0.717) is 5.57 Å². The van der Waals surface area contributed by atoms with Crippen molar-refractivity contribution in [2.24, 2.45) is 0 Å². The second-order valence-corrected chi connectivity index (χ2v) is 3.14. The lowest BCUT2D eigenvalue weighted by Gasteiger charge is -2.11. The fourth-order valence-corrected chi connectivity index (χ4v) is 0.840. The van der Waals surface area contributed by atoms with Crippen LogP contribution in [0.15, 0.2) is 24.3 Å². The minimum Gasteiger partial charge on any atom is -0.459 e. The molecule has 0 rings (SSSR count). The fourth-order valence-electron chi connectivity index (χ4n) is 0.840. The summed E-state index contributed by atoms with van der Waals surface area (Å²) in [6.07, 6.45) is 5.84. The number of allylic oxidation sites excluding steroid dienone is 2. The van der Waals surface area contributed by atoms with Crippen LogP contribution in [0.3, 0.4) is 0 Å². The van der Waals surface area contributed by atoms with E-state index in [9.17, 15) is 4.79 Å².